The lowest BCUT2D eigenvalue weighted by molar-refractivity contribution is 0.264. The summed E-state index contributed by atoms with van der Waals surface area (Å²) in [5, 5.41) is 0.635. The summed E-state index contributed by atoms with van der Waals surface area (Å²) in [5.74, 6) is 2.08. The van der Waals surface area contributed by atoms with Gasteiger partial charge in [-0.05, 0) is 35.9 Å². The van der Waals surface area contributed by atoms with Crippen molar-refractivity contribution < 1.29 is 9.47 Å². The van der Waals surface area contributed by atoms with Gasteiger partial charge in [0.2, 0.25) is 0 Å². The Hall–Kier alpha value is -3.16. The molecule has 7 heteroatoms. The van der Waals surface area contributed by atoms with E-state index in [2.05, 4.69) is 16.8 Å². The first-order valence-electron chi connectivity index (χ1n) is 10.1. The Labute approximate surface area is 185 Å². The molecule has 0 saturated carbocycles. The van der Waals surface area contributed by atoms with Gasteiger partial charge in [-0.2, -0.15) is 0 Å². The number of rotatable bonds is 8. The highest BCUT2D eigenvalue weighted by atomic mass is 32.1. The third kappa shape index (κ3) is 4.62. The molecular weight excluding hydrogens is 410 g/mol. The maximum absolute atomic E-state index is 12.7. The van der Waals surface area contributed by atoms with Crippen LogP contribution in [0.25, 0.3) is 20.7 Å². The minimum Gasteiger partial charge on any atom is -0.493 e. The molecule has 0 saturated heterocycles. The van der Waals surface area contributed by atoms with E-state index in [-0.39, 0.29) is 5.56 Å². The first-order valence-corrected chi connectivity index (χ1v) is 10.9. The highest BCUT2D eigenvalue weighted by molar-refractivity contribution is 7.21. The van der Waals surface area contributed by atoms with Gasteiger partial charge in [0, 0.05) is 11.4 Å². The van der Waals surface area contributed by atoms with Crippen LogP contribution in [-0.2, 0) is 13.1 Å². The van der Waals surface area contributed by atoms with E-state index in [4.69, 9.17) is 14.5 Å². The number of nitrogens with zero attached hydrogens (tertiary/aromatic N) is 2. The second kappa shape index (κ2) is 9.32. The quantitative estimate of drug-likeness (QED) is 0.435. The van der Waals surface area contributed by atoms with Crippen molar-refractivity contribution in [2.75, 3.05) is 20.8 Å². The summed E-state index contributed by atoms with van der Waals surface area (Å²) in [6.45, 7) is 4.17. The lowest BCUT2D eigenvalue weighted by Gasteiger charge is -2.20. The number of nitrogens with one attached hydrogen (secondary N) is 1. The number of H-pyrrole nitrogens is 1. The van der Waals surface area contributed by atoms with E-state index in [0.717, 1.165) is 27.4 Å². The lowest BCUT2D eigenvalue weighted by Crippen LogP contribution is -2.25. The summed E-state index contributed by atoms with van der Waals surface area (Å²) in [7, 11) is 3.26. The highest BCUT2D eigenvalue weighted by Gasteiger charge is 2.13. The van der Waals surface area contributed by atoms with Crippen molar-refractivity contribution >= 4 is 21.6 Å². The number of aromatic amines is 1. The second-order valence-electron chi connectivity index (χ2n) is 7.20. The molecule has 0 bridgehead atoms. The van der Waals surface area contributed by atoms with E-state index < -0.39 is 0 Å². The van der Waals surface area contributed by atoms with Crippen LogP contribution < -0.4 is 15.0 Å². The Morgan fingerprint density at radius 3 is 2.48 bits per heavy atom. The average Bonchev–Trinajstić information content (AvgIpc) is 3.24. The zero-order valence-corrected chi connectivity index (χ0v) is 18.7. The number of ether oxygens (including phenoxy) is 2. The third-order valence-electron chi connectivity index (χ3n) is 5.18. The minimum atomic E-state index is -0.0967. The van der Waals surface area contributed by atoms with Crippen molar-refractivity contribution in [3.05, 3.63) is 76.3 Å². The molecule has 0 aliphatic rings. The first-order chi connectivity index (χ1) is 15.1. The van der Waals surface area contributed by atoms with Gasteiger partial charge in [-0.1, -0.05) is 43.3 Å². The fourth-order valence-corrected chi connectivity index (χ4v) is 4.58. The maximum Gasteiger partial charge on any atom is 0.259 e. The fraction of sp³-hybridized carbons (Fsp3) is 0.250. The molecule has 0 amide bonds. The molecule has 0 radical (unpaired) electrons. The summed E-state index contributed by atoms with van der Waals surface area (Å²) < 4.78 is 10.7. The Bertz CT molecular complexity index is 1230. The number of methoxy groups -OCH3 is 2. The first kappa shape index (κ1) is 21.1. The predicted molar refractivity (Wildman–Crippen MR) is 125 cm³/mol. The molecule has 1 N–H and O–H groups in total. The normalized spacial score (nSPS) is 11.2. The highest BCUT2D eigenvalue weighted by Crippen LogP contribution is 2.31. The number of fused-ring (bicyclic) bond motifs is 1. The number of hydrogen-bond acceptors (Lipinski definition) is 6. The molecule has 0 aliphatic heterocycles. The molecule has 31 heavy (non-hydrogen) atoms. The van der Waals surface area contributed by atoms with Gasteiger partial charge < -0.3 is 14.5 Å². The number of benzene rings is 2. The third-order valence-corrected chi connectivity index (χ3v) is 6.26. The fourth-order valence-electron chi connectivity index (χ4n) is 3.52. The predicted octanol–water partition coefficient (Wildman–Crippen LogP) is 4.69. The molecule has 2 heterocycles. The van der Waals surface area contributed by atoms with Gasteiger partial charge in [-0.3, -0.25) is 9.69 Å². The summed E-state index contributed by atoms with van der Waals surface area (Å²) >= 11 is 1.55. The Morgan fingerprint density at radius 2 is 1.77 bits per heavy atom. The van der Waals surface area contributed by atoms with Gasteiger partial charge in [0.1, 0.15) is 10.7 Å². The van der Waals surface area contributed by atoms with Gasteiger partial charge in [-0.15, -0.1) is 11.3 Å². The van der Waals surface area contributed by atoms with Crippen molar-refractivity contribution in [3.8, 4) is 21.9 Å². The maximum atomic E-state index is 12.7. The monoisotopic (exact) mass is 435 g/mol. The molecule has 0 fully saturated rings. The molecule has 0 aliphatic carbocycles. The molecule has 0 atom stereocenters. The molecule has 0 spiro atoms. The van der Waals surface area contributed by atoms with Crippen molar-refractivity contribution in [1.82, 2.24) is 14.9 Å². The van der Waals surface area contributed by atoms with Crippen LogP contribution in [0.5, 0.6) is 11.5 Å². The van der Waals surface area contributed by atoms with Crippen molar-refractivity contribution in [2.24, 2.45) is 0 Å². The summed E-state index contributed by atoms with van der Waals surface area (Å²) in [6, 6.07) is 17.9. The smallest absolute Gasteiger partial charge is 0.259 e. The Kier molecular flexibility index (Phi) is 6.34. The number of hydrogen-bond donors (Lipinski definition) is 1. The van der Waals surface area contributed by atoms with E-state index >= 15 is 0 Å². The van der Waals surface area contributed by atoms with Crippen LogP contribution >= 0.6 is 11.3 Å². The Morgan fingerprint density at radius 1 is 1.00 bits per heavy atom. The summed E-state index contributed by atoms with van der Waals surface area (Å²) in [6.07, 6.45) is 0. The van der Waals surface area contributed by atoms with E-state index in [1.165, 1.54) is 0 Å². The van der Waals surface area contributed by atoms with Crippen LogP contribution in [0.2, 0.25) is 0 Å². The number of thiophene rings is 1. The standard InChI is InChI=1S/C24H25N3O3S/c1-4-27(14-16-10-11-19(29-2)20(12-16)30-3)15-22-25-23(28)18-13-21(31-24(18)26-22)17-8-6-5-7-9-17/h5-13H,4,14-15H2,1-3H3,(H,25,26,28). The summed E-state index contributed by atoms with van der Waals surface area (Å²) in [5.41, 5.74) is 2.10. The molecule has 6 nitrogen and oxygen atoms in total. The van der Waals surface area contributed by atoms with Crippen LogP contribution in [0, 0.1) is 0 Å². The van der Waals surface area contributed by atoms with E-state index in [9.17, 15) is 4.79 Å². The minimum absolute atomic E-state index is 0.0967. The van der Waals surface area contributed by atoms with Crippen molar-refractivity contribution in [3.63, 3.8) is 0 Å². The van der Waals surface area contributed by atoms with Gasteiger partial charge >= 0.3 is 0 Å². The van der Waals surface area contributed by atoms with Crippen LogP contribution in [0.4, 0.5) is 0 Å². The molecule has 160 valence electrons. The van der Waals surface area contributed by atoms with Crippen LogP contribution in [-0.4, -0.2) is 35.6 Å². The summed E-state index contributed by atoms with van der Waals surface area (Å²) in [4.78, 5) is 24.4. The largest absolute Gasteiger partial charge is 0.493 e. The molecule has 0 unspecified atom stereocenters. The van der Waals surface area contributed by atoms with Crippen molar-refractivity contribution in [1.29, 1.82) is 0 Å². The van der Waals surface area contributed by atoms with E-state index in [1.54, 1.807) is 25.6 Å². The van der Waals surface area contributed by atoms with Gasteiger partial charge in [0.15, 0.2) is 11.5 Å². The molecule has 4 aromatic rings. The van der Waals surface area contributed by atoms with E-state index in [1.807, 2.05) is 54.6 Å². The van der Waals surface area contributed by atoms with Gasteiger partial charge in [0.05, 0.1) is 26.2 Å². The molecule has 2 aromatic heterocycles. The van der Waals surface area contributed by atoms with E-state index in [0.29, 0.717) is 35.8 Å². The zero-order chi connectivity index (χ0) is 21.8. The zero-order valence-electron chi connectivity index (χ0n) is 17.8. The molecule has 4 rings (SSSR count). The molecular formula is C24H25N3O3S. The number of aromatic nitrogens is 2. The van der Waals surface area contributed by atoms with Crippen molar-refractivity contribution in [2.45, 2.75) is 20.0 Å². The lowest BCUT2D eigenvalue weighted by atomic mass is 10.2. The average molecular weight is 436 g/mol. The van der Waals surface area contributed by atoms with Crippen LogP contribution in [0.3, 0.4) is 0 Å². The second-order valence-corrected chi connectivity index (χ2v) is 8.23. The topological polar surface area (TPSA) is 67.5 Å². The SMILES string of the molecule is CCN(Cc1ccc(OC)c(OC)c1)Cc1nc2sc(-c3ccccc3)cc2c(=O)[nH]1. The van der Waals surface area contributed by atoms with Crippen LogP contribution in [0.1, 0.15) is 18.3 Å². The Balaban J connectivity index is 1.57. The molecule has 2 aromatic carbocycles. The van der Waals surface area contributed by atoms with Crippen LogP contribution in [0.15, 0.2) is 59.4 Å². The van der Waals surface area contributed by atoms with Gasteiger partial charge in [-0.25, -0.2) is 4.98 Å². The van der Waals surface area contributed by atoms with Gasteiger partial charge in [0.25, 0.3) is 5.56 Å².